The van der Waals surface area contributed by atoms with E-state index in [0.717, 1.165) is 25.7 Å². The molecular formula is C10H16N4. The summed E-state index contributed by atoms with van der Waals surface area (Å²) in [4.78, 5) is 0. The monoisotopic (exact) mass is 192 g/mol. The van der Waals surface area contributed by atoms with Crippen LogP contribution < -0.4 is 0 Å². The van der Waals surface area contributed by atoms with E-state index in [1.807, 2.05) is 0 Å². The standard InChI is InChI=1S/C10H16N4/c11-7-3-1-5-9-14(13)10-6-2-4-8-12/h1-6,9-10H2. The average Bonchev–Trinajstić information content (AvgIpc) is 2.19. The number of unbranched alkanes of at least 4 members (excludes halogenated alkanes) is 4. The first-order valence-electron chi connectivity index (χ1n) is 4.99. The van der Waals surface area contributed by atoms with Gasteiger partial charge in [0.2, 0.25) is 0 Å². The van der Waals surface area contributed by atoms with Crippen LogP contribution in [0, 0.1) is 22.7 Å². The number of rotatable bonds is 8. The molecule has 0 radical (unpaired) electrons. The van der Waals surface area contributed by atoms with Crippen molar-refractivity contribution in [2.45, 2.75) is 38.5 Å². The summed E-state index contributed by atoms with van der Waals surface area (Å²) < 4.78 is 1.27. The summed E-state index contributed by atoms with van der Waals surface area (Å²) in [6.07, 6.45) is 4.49. The molecule has 4 heteroatoms. The van der Waals surface area contributed by atoms with Crippen LogP contribution in [0.1, 0.15) is 38.5 Å². The Balaban J connectivity index is 3.21. The van der Waals surface area contributed by atoms with Gasteiger partial charge in [0, 0.05) is 25.7 Å². The van der Waals surface area contributed by atoms with Gasteiger partial charge >= 0.3 is 0 Å². The molecular weight excluding hydrogens is 176 g/mol. The molecule has 0 spiro atoms. The molecule has 0 aromatic heterocycles. The van der Waals surface area contributed by atoms with Crippen molar-refractivity contribution in [3.63, 3.8) is 0 Å². The van der Waals surface area contributed by atoms with Crippen molar-refractivity contribution in [1.29, 1.82) is 10.5 Å². The zero-order chi connectivity index (χ0) is 10.6. The Hall–Kier alpha value is -1.42. The molecule has 76 valence electrons. The van der Waals surface area contributed by atoms with Crippen molar-refractivity contribution in [3.8, 4) is 12.1 Å². The third-order valence-corrected chi connectivity index (χ3v) is 1.91. The zero-order valence-corrected chi connectivity index (χ0v) is 8.45. The predicted molar refractivity (Wildman–Crippen MR) is 52.3 cm³/mol. The van der Waals surface area contributed by atoms with Crippen molar-refractivity contribution in [1.82, 2.24) is 0 Å². The number of hydrogen-bond donors (Lipinski definition) is 0. The van der Waals surface area contributed by atoms with Gasteiger partial charge in [-0.2, -0.15) is 10.5 Å². The van der Waals surface area contributed by atoms with Crippen LogP contribution in [0.25, 0.3) is 5.53 Å². The van der Waals surface area contributed by atoms with Gasteiger partial charge in [-0.3, -0.25) is 0 Å². The van der Waals surface area contributed by atoms with E-state index < -0.39 is 0 Å². The van der Waals surface area contributed by atoms with Gasteiger partial charge < -0.3 is 10.2 Å². The molecule has 4 nitrogen and oxygen atoms in total. The zero-order valence-electron chi connectivity index (χ0n) is 8.45. The second-order valence-electron chi connectivity index (χ2n) is 3.18. The summed E-state index contributed by atoms with van der Waals surface area (Å²) >= 11 is 0. The fourth-order valence-electron chi connectivity index (χ4n) is 1.11. The fourth-order valence-corrected chi connectivity index (χ4v) is 1.11. The lowest BCUT2D eigenvalue weighted by atomic mass is 10.2. The van der Waals surface area contributed by atoms with E-state index in [4.69, 9.17) is 10.5 Å². The Morgan fingerprint density at radius 3 is 1.64 bits per heavy atom. The smallest absolute Gasteiger partial charge is 0.130 e. The first kappa shape index (κ1) is 12.6. The SMILES string of the molecule is N#CCCCC[N+](=[N-])CCCCC#N. The fraction of sp³-hybridized carbons (Fsp3) is 0.800. The van der Waals surface area contributed by atoms with Gasteiger partial charge in [-0.15, -0.1) is 0 Å². The van der Waals surface area contributed by atoms with Crippen LogP contribution in [-0.2, 0) is 0 Å². The van der Waals surface area contributed by atoms with E-state index in [9.17, 15) is 5.53 Å². The van der Waals surface area contributed by atoms with Gasteiger partial charge in [0.15, 0.2) is 0 Å². The van der Waals surface area contributed by atoms with E-state index >= 15 is 0 Å². The maximum atomic E-state index is 9.32. The predicted octanol–water partition coefficient (Wildman–Crippen LogP) is 2.41. The van der Waals surface area contributed by atoms with E-state index in [1.165, 1.54) is 4.70 Å². The summed E-state index contributed by atoms with van der Waals surface area (Å²) in [6.45, 7) is 1.24. The number of nitrogens with zero attached hydrogens (tertiary/aromatic N) is 4. The minimum absolute atomic E-state index is 0.558. The summed E-state index contributed by atoms with van der Waals surface area (Å²) in [5.74, 6) is 0. The van der Waals surface area contributed by atoms with Gasteiger partial charge in [0.25, 0.3) is 0 Å². The van der Waals surface area contributed by atoms with Gasteiger partial charge in [-0.25, -0.2) is 0 Å². The van der Waals surface area contributed by atoms with Crippen molar-refractivity contribution in [2.24, 2.45) is 0 Å². The van der Waals surface area contributed by atoms with Crippen LogP contribution >= 0.6 is 0 Å². The lowest BCUT2D eigenvalue weighted by Crippen LogP contribution is -2.10. The van der Waals surface area contributed by atoms with Crippen LogP contribution in [0.15, 0.2) is 0 Å². The molecule has 0 amide bonds. The molecule has 0 heterocycles. The molecule has 0 aliphatic rings. The highest BCUT2D eigenvalue weighted by Crippen LogP contribution is 1.97. The number of hydrogen-bond acceptors (Lipinski definition) is 2. The lowest BCUT2D eigenvalue weighted by molar-refractivity contribution is -0.549. The molecule has 0 N–H and O–H groups in total. The number of nitriles is 2. The summed E-state index contributed by atoms with van der Waals surface area (Å²) in [7, 11) is 0. The largest absolute Gasteiger partial charge is 0.507 e. The Kier molecular flexibility index (Phi) is 8.69. The second kappa shape index (κ2) is 9.67. The molecule has 0 atom stereocenters. The van der Waals surface area contributed by atoms with E-state index in [0.29, 0.717) is 25.9 Å². The van der Waals surface area contributed by atoms with E-state index in [-0.39, 0.29) is 0 Å². The molecule has 14 heavy (non-hydrogen) atoms. The summed E-state index contributed by atoms with van der Waals surface area (Å²) in [6, 6.07) is 4.13. The van der Waals surface area contributed by atoms with Crippen molar-refractivity contribution in [3.05, 3.63) is 5.53 Å². The second-order valence-corrected chi connectivity index (χ2v) is 3.18. The summed E-state index contributed by atoms with van der Waals surface area (Å²) in [5, 5.41) is 16.6. The highest BCUT2D eigenvalue weighted by molar-refractivity contribution is 4.68. The van der Waals surface area contributed by atoms with Crippen LogP contribution in [0.3, 0.4) is 0 Å². The Morgan fingerprint density at radius 2 is 1.29 bits per heavy atom. The topological polar surface area (TPSA) is 72.9 Å². The first-order chi connectivity index (χ1) is 6.81. The van der Waals surface area contributed by atoms with Gasteiger partial charge in [-0.05, 0) is 12.8 Å². The van der Waals surface area contributed by atoms with Crippen molar-refractivity contribution < 1.29 is 4.70 Å². The third-order valence-electron chi connectivity index (χ3n) is 1.91. The lowest BCUT2D eigenvalue weighted by Gasteiger charge is -2.05. The maximum Gasteiger partial charge on any atom is 0.130 e. The average molecular weight is 192 g/mol. The molecule has 0 aromatic carbocycles. The molecule has 0 saturated heterocycles. The molecule has 0 aliphatic carbocycles. The van der Waals surface area contributed by atoms with Gasteiger partial charge in [-0.1, -0.05) is 0 Å². The van der Waals surface area contributed by atoms with Crippen LogP contribution in [-0.4, -0.2) is 17.8 Å². The molecule has 0 aliphatic heterocycles. The maximum absolute atomic E-state index is 9.32. The summed E-state index contributed by atoms with van der Waals surface area (Å²) in [5.41, 5.74) is 9.32. The molecule has 0 bridgehead atoms. The van der Waals surface area contributed by atoms with Gasteiger partial charge in [0.1, 0.15) is 13.1 Å². The van der Waals surface area contributed by atoms with E-state index in [2.05, 4.69) is 12.1 Å². The molecule has 0 unspecified atom stereocenters. The minimum Gasteiger partial charge on any atom is -0.507 e. The normalized spacial score (nSPS) is 9.00. The van der Waals surface area contributed by atoms with Gasteiger partial charge in [0.05, 0.1) is 12.1 Å². The van der Waals surface area contributed by atoms with Crippen LogP contribution in [0.2, 0.25) is 0 Å². The Bertz CT molecular complexity index is 209. The highest BCUT2D eigenvalue weighted by atomic mass is 15.2. The van der Waals surface area contributed by atoms with Crippen molar-refractivity contribution >= 4 is 0 Å². The Morgan fingerprint density at radius 1 is 0.857 bits per heavy atom. The van der Waals surface area contributed by atoms with Crippen molar-refractivity contribution in [2.75, 3.05) is 13.1 Å². The molecule has 0 saturated carbocycles. The molecule has 0 fully saturated rings. The van der Waals surface area contributed by atoms with E-state index in [1.54, 1.807) is 0 Å². The molecule has 0 rings (SSSR count). The Labute approximate surface area is 85.3 Å². The quantitative estimate of drug-likeness (QED) is 0.336. The third kappa shape index (κ3) is 8.67. The van der Waals surface area contributed by atoms with Crippen LogP contribution in [0.4, 0.5) is 0 Å². The molecule has 0 aromatic rings. The first-order valence-corrected chi connectivity index (χ1v) is 4.99. The van der Waals surface area contributed by atoms with Crippen LogP contribution in [0.5, 0.6) is 0 Å². The minimum atomic E-state index is 0.558. The highest BCUT2D eigenvalue weighted by Gasteiger charge is 1.97.